The molecule has 5 heteroatoms. The maximum absolute atomic E-state index is 12.7. The van der Waals surface area contributed by atoms with Gasteiger partial charge in [0.1, 0.15) is 5.65 Å². The average Bonchev–Trinajstić information content (AvgIpc) is 3.23. The van der Waals surface area contributed by atoms with Gasteiger partial charge in [0.25, 0.3) is 0 Å². The number of benzene rings is 1. The van der Waals surface area contributed by atoms with Crippen molar-refractivity contribution in [3.63, 3.8) is 0 Å². The minimum atomic E-state index is -4.30. The maximum Gasteiger partial charge on any atom is 0.416 e. The van der Waals surface area contributed by atoms with Crippen LogP contribution in [0.3, 0.4) is 0 Å². The van der Waals surface area contributed by atoms with E-state index in [0.717, 1.165) is 41.7 Å². The first kappa shape index (κ1) is 13.4. The topological polar surface area (TPSA) is 17.3 Å². The smallest absolute Gasteiger partial charge is 0.306 e. The van der Waals surface area contributed by atoms with Crippen molar-refractivity contribution in [3.05, 3.63) is 60.0 Å². The van der Waals surface area contributed by atoms with Crippen LogP contribution in [0.25, 0.3) is 16.8 Å². The maximum atomic E-state index is 12.7. The van der Waals surface area contributed by atoms with Crippen LogP contribution in [0.15, 0.2) is 48.9 Å². The van der Waals surface area contributed by atoms with Crippen LogP contribution in [0.4, 0.5) is 13.2 Å². The molecule has 1 aliphatic carbocycles. The van der Waals surface area contributed by atoms with E-state index < -0.39 is 11.7 Å². The summed E-state index contributed by atoms with van der Waals surface area (Å²) in [5.41, 5.74) is 3.20. The minimum absolute atomic E-state index is 0.527. The van der Waals surface area contributed by atoms with Gasteiger partial charge in [-0.2, -0.15) is 13.2 Å². The second kappa shape index (κ2) is 4.60. The Morgan fingerprint density at radius 1 is 1.05 bits per heavy atom. The highest BCUT2D eigenvalue weighted by Gasteiger charge is 2.30. The van der Waals surface area contributed by atoms with Crippen LogP contribution in [0.1, 0.15) is 29.9 Å². The zero-order valence-corrected chi connectivity index (χ0v) is 11.6. The molecule has 0 spiro atoms. The predicted octanol–water partition coefficient (Wildman–Crippen LogP) is 4.90. The van der Waals surface area contributed by atoms with Gasteiger partial charge in [-0.1, -0.05) is 12.1 Å². The first-order chi connectivity index (χ1) is 10.5. The first-order valence-electron chi connectivity index (χ1n) is 7.16. The van der Waals surface area contributed by atoms with Gasteiger partial charge in [-0.05, 0) is 53.6 Å². The number of fused-ring (bicyclic) bond motifs is 1. The number of rotatable bonds is 2. The van der Waals surface area contributed by atoms with Gasteiger partial charge in [0, 0.05) is 18.6 Å². The molecule has 0 amide bonds. The number of pyridine rings is 1. The number of aromatic nitrogens is 2. The van der Waals surface area contributed by atoms with Gasteiger partial charge < -0.3 is 4.40 Å². The van der Waals surface area contributed by atoms with E-state index in [1.807, 2.05) is 16.8 Å². The third kappa shape index (κ3) is 2.26. The van der Waals surface area contributed by atoms with Crippen molar-refractivity contribution >= 4 is 5.65 Å². The summed E-state index contributed by atoms with van der Waals surface area (Å²) in [4.78, 5) is 4.38. The van der Waals surface area contributed by atoms with Gasteiger partial charge >= 0.3 is 6.18 Å². The van der Waals surface area contributed by atoms with E-state index >= 15 is 0 Å². The number of nitrogens with zero attached hydrogens (tertiary/aromatic N) is 2. The fraction of sp³-hybridized carbons (Fsp3) is 0.235. The van der Waals surface area contributed by atoms with Crippen LogP contribution in [-0.2, 0) is 6.18 Å². The molecule has 112 valence electrons. The molecule has 1 saturated carbocycles. The van der Waals surface area contributed by atoms with Gasteiger partial charge in [0.2, 0.25) is 0 Å². The Kier molecular flexibility index (Phi) is 2.79. The molecule has 0 N–H and O–H groups in total. The highest BCUT2D eigenvalue weighted by molar-refractivity contribution is 5.68. The lowest BCUT2D eigenvalue weighted by atomic mass is 10.0. The van der Waals surface area contributed by atoms with E-state index in [2.05, 4.69) is 11.1 Å². The van der Waals surface area contributed by atoms with Crippen molar-refractivity contribution in [3.8, 4) is 11.1 Å². The normalized spacial score (nSPS) is 15.4. The molecule has 0 unspecified atom stereocenters. The molecule has 2 heterocycles. The van der Waals surface area contributed by atoms with Crippen LogP contribution >= 0.6 is 0 Å². The number of imidazole rings is 1. The third-order valence-electron chi connectivity index (χ3n) is 4.08. The summed E-state index contributed by atoms with van der Waals surface area (Å²) in [6, 6.07) is 7.37. The molecule has 4 rings (SSSR count). The van der Waals surface area contributed by atoms with Crippen molar-refractivity contribution in [2.75, 3.05) is 0 Å². The Bertz CT molecular complexity index is 827. The van der Waals surface area contributed by atoms with E-state index in [9.17, 15) is 13.2 Å². The monoisotopic (exact) mass is 302 g/mol. The molecule has 0 radical (unpaired) electrons. The summed E-state index contributed by atoms with van der Waals surface area (Å²) in [5.74, 6) is 0.527. The SMILES string of the molecule is FC(F)(F)c1ccc(-c2cc(C3CC3)c3nccn3c2)cc1. The third-order valence-corrected chi connectivity index (χ3v) is 4.08. The molecule has 3 aromatic rings. The summed E-state index contributed by atoms with van der Waals surface area (Å²) < 4.78 is 39.9. The summed E-state index contributed by atoms with van der Waals surface area (Å²) in [6.45, 7) is 0. The zero-order chi connectivity index (χ0) is 15.3. The van der Waals surface area contributed by atoms with E-state index in [0.29, 0.717) is 5.92 Å². The fourth-order valence-electron chi connectivity index (χ4n) is 2.76. The van der Waals surface area contributed by atoms with Crippen molar-refractivity contribution < 1.29 is 13.2 Å². The largest absolute Gasteiger partial charge is 0.416 e. The zero-order valence-electron chi connectivity index (χ0n) is 11.6. The Balaban J connectivity index is 1.80. The summed E-state index contributed by atoms with van der Waals surface area (Å²) >= 11 is 0. The lowest BCUT2D eigenvalue weighted by Crippen LogP contribution is -2.04. The van der Waals surface area contributed by atoms with E-state index in [4.69, 9.17) is 0 Å². The van der Waals surface area contributed by atoms with Crippen LogP contribution in [0, 0.1) is 0 Å². The molecule has 0 aliphatic heterocycles. The molecular formula is C17H13F3N2. The van der Waals surface area contributed by atoms with E-state index in [1.165, 1.54) is 17.7 Å². The molecule has 1 fully saturated rings. The number of hydrogen-bond donors (Lipinski definition) is 0. The van der Waals surface area contributed by atoms with Crippen LogP contribution < -0.4 is 0 Å². The summed E-state index contributed by atoms with van der Waals surface area (Å²) in [6.07, 6.45) is 3.54. The lowest BCUT2D eigenvalue weighted by molar-refractivity contribution is -0.137. The lowest BCUT2D eigenvalue weighted by Gasteiger charge is -2.10. The van der Waals surface area contributed by atoms with Crippen LogP contribution in [-0.4, -0.2) is 9.38 Å². The van der Waals surface area contributed by atoms with E-state index in [1.54, 1.807) is 6.20 Å². The minimum Gasteiger partial charge on any atom is -0.306 e. The molecule has 2 nitrogen and oxygen atoms in total. The quantitative estimate of drug-likeness (QED) is 0.658. The van der Waals surface area contributed by atoms with Crippen molar-refractivity contribution in [2.24, 2.45) is 0 Å². The fourth-order valence-corrected chi connectivity index (χ4v) is 2.76. The molecular weight excluding hydrogens is 289 g/mol. The van der Waals surface area contributed by atoms with Gasteiger partial charge in [0.15, 0.2) is 0 Å². The first-order valence-corrected chi connectivity index (χ1v) is 7.16. The number of alkyl halides is 3. The van der Waals surface area contributed by atoms with Gasteiger partial charge in [0.05, 0.1) is 5.56 Å². The summed E-state index contributed by atoms with van der Waals surface area (Å²) in [7, 11) is 0. The molecule has 0 saturated heterocycles. The Hall–Kier alpha value is -2.30. The summed E-state index contributed by atoms with van der Waals surface area (Å²) in [5, 5.41) is 0. The van der Waals surface area contributed by atoms with Crippen molar-refractivity contribution in [1.82, 2.24) is 9.38 Å². The predicted molar refractivity (Wildman–Crippen MR) is 77.6 cm³/mol. The highest BCUT2D eigenvalue weighted by Crippen LogP contribution is 2.43. The van der Waals surface area contributed by atoms with Crippen LogP contribution in [0.2, 0.25) is 0 Å². The number of halogens is 3. The standard InChI is InChI=1S/C17H13F3N2/c18-17(19,20)14-5-3-11(4-6-14)13-9-15(12-1-2-12)16-21-7-8-22(16)10-13/h3-10,12H,1-2H2. The van der Waals surface area contributed by atoms with Gasteiger partial charge in [-0.25, -0.2) is 4.98 Å². The molecule has 22 heavy (non-hydrogen) atoms. The van der Waals surface area contributed by atoms with Gasteiger partial charge in [-0.3, -0.25) is 0 Å². The van der Waals surface area contributed by atoms with Gasteiger partial charge in [-0.15, -0.1) is 0 Å². The Morgan fingerprint density at radius 3 is 2.41 bits per heavy atom. The van der Waals surface area contributed by atoms with E-state index in [-0.39, 0.29) is 0 Å². The molecule has 1 aromatic carbocycles. The highest BCUT2D eigenvalue weighted by atomic mass is 19.4. The Morgan fingerprint density at radius 2 is 1.77 bits per heavy atom. The van der Waals surface area contributed by atoms with Crippen molar-refractivity contribution in [1.29, 1.82) is 0 Å². The molecule has 2 aromatic heterocycles. The molecule has 0 bridgehead atoms. The average molecular weight is 302 g/mol. The molecule has 0 atom stereocenters. The second-order valence-corrected chi connectivity index (χ2v) is 5.69. The number of hydrogen-bond acceptors (Lipinski definition) is 1. The van der Waals surface area contributed by atoms with Crippen molar-refractivity contribution in [2.45, 2.75) is 24.9 Å². The van der Waals surface area contributed by atoms with Crippen LogP contribution in [0.5, 0.6) is 0 Å². The Labute approximate surface area is 125 Å². The second-order valence-electron chi connectivity index (χ2n) is 5.69. The molecule has 1 aliphatic rings.